The number of ether oxygens (including phenoxy) is 1. The van der Waals surface area contributed by atoms with Crippen LogP contribution in [0, 0.1) is 0 Å². The van der Waals surface area contributed by atoms with Gasteiger partial charge in [0, 0.05) is 12.8 Å². The van der Waals surface area contributed by atoms with Crippen molar-refractivity contribution in [3.05, 3.63) is 12.2 Å². The number of carbonyl (C=O) groups is 2. The van der Waals surface area contributed by atoms with E-state index in [-0.39, 0.29) is 18.5 Å². The van der Waals surface area contributed by atoms with Crippen molar-refractivity contribution in [3.63, 3.8) is 0 Å². The highest BCUT2D eigenvalue weighted by atomic mass is 16.5. The van der Waals surface area contributed by atoms with Crippen LogP contribution in [0.1, 0.15) is 438 Å². The van der Waals surface area contributed by atoms with E-state index >= 15 is 0 Å². The number of rotatable bonds is 72. The lowest BCUT2D eigenvalue weighted by Gasteiger charge is -2.22. The fourth-order valence-corrected chi connectivity index (χ4v) is 12.3. The van der Waals surface area contributed by atoms with E-state index in [0.29, 0.717) is 25.9 Å². The molecule has 0 saturated heterocycles. The van der Waals surface area contributed by atoms with Gasteiger partial charge in [-0.1, -0.05) is 386 Å². The van der Waals surface area contributed by atoms with E-state index in [0.717, 1.165) is 44.9 Å². The van der Waals surface area contributed by atoms with Gasteiger partial charge in [0.05, 0.1) is 25.4 Å². The van der Waals surface area contributed by atoms with Gasteiger partial charge >= 0.3 is 5.97 Å². The fraction of sp³-hybridized carbons (Fsp3) is 0.947. The molecule has 0 heterocycles. The molecule has 2 atom stereocenters. The SMILES string of the molecule is CCCCCC/C=C\CCCCCCCC(=O)OCCCCCCCCCCCCCCCCCCCCCCCCCCCCCCCC(=O)NC(CO)C(O)CCCCCCCCCCCCCCCCCCCCCCCCC. The van der Waals surface area contributed by atoms with Gasteiger partial charge in [-0.25, -0.2) is 0 Å². The van der Waals surface area contributed by atoms with Crippen LogP contribution in [0.5, 0.6) is 0 Å². The van der Waals surface area contributed by atoms with Crippen LogP contribution in [-0.4, -0.2) is 47.4 Å². The van der Waals surface area contributed by atoms with Gasteiger partial charge in [0.15, 0.2) is 0 Å². The molecule has 2 unspecified atom stereocenters. The Labute approximate surface area is 514 Å². The first-order valence-electron chi connectivity index (χ1n) is 37.9. The molecule has 0 radical (unpaired) electrons. The molecule has 488 valence electrons. The molecule has 82 heavy (non-hydrogen) atoms. The Morgan fingerprint density at radius 1 is 0.329 bits per heavy atom. The van der Waals surface area contributed by atoms with E-state index in [9.17, 15) is 19.8 Å². The number of nitrogens with one attached hydrogen (secondary N) is 1. The molecule has 1 amide bonds. The first kappa shape index (κ1) is 80.6. The lowest BCUT2D eigenvalue weighted by molar-refractivity contribution is -0.143. The van der Waals surface area contributed by atoms with E-state index in [2.05, 4.69) is 31.3 Å². The molecule has 3 N–H and O–H groups in total. The van der Waals surface area contributed by atoms with E-state index < -0.39 is 12.1 Å². The van der Waals surface area contributed by atoms with Crippen molar-refractivity contribution in [3.8, 4) is 0 Å². The third kappa shape index (κ3) is 67.7. The molecular formula is C76H149NO5. The van der Waals surface area contributed by atoms with Crippen LogP contribution in [0.3, 0.4) is 0 Å². The molecule has 0 aliphatic rings. The molecule has 0 aromatic heterocycles. The lowest BCUT2D eigenvalue weighted by atomic mass is 10.0. The molecular weight excluding hydrogens is 1010 g/mol. The Kier molecular flexibility index (Phi) is 70.8. The number of aliphatic hydroxyl groups is 2. The number of unbranched alkanes of at least 4 members (excludes halogenated alkanes) is 59. The van der Waals surface area contributed by atoms with Crippen molar-refractivity contribution < 1.29 is 24.5 Å². The fourth-order valence-electron chi connectivity index (χ4n) is 12.3. The maximum Gasteiger partial charge on any atom is 0.305 e. The van der Waals surface area contributed by atoms with Crippen molar-refractivity contribution >= 4 is 11.9 Å². The van der Waals surface area contributed by atoms with Gasteiger partial charge in [-0.15, -0.1) is 0 Å². The van der Waals surface area contributed by atoms with Crippen molar-refractivity contribution in [2.24, 2.45) is 0 Å². The molecule has 0 spiro atoms. The van der Waals surface area contributed by atoms with Crippen LogP contribution in [0.2, 0.25) is 0 Å². The van der Waals surface area contributed by atoms with Crippen LogP contribution in [0.15, 0.2) is 12.2 Å². The topological polar surface area (TPSA) is 95.9 Å². The summed E-state index contributed by atoms with van der Waals surface area (Å²) < 4.78 is 5.49. The molecule has 0 aliphatic heterocycles. The third-order valence-electron chi connectivity index (χ3n) is 18.1. The summed E-state index contributed by atoms with van der Waals surface area (Å²) in [6, 6.07) is -0.539. The number of amides is 1. The van der Waals surface area contributed by atoms with Gasteiger partial charge in [0.2, 0.25) is 5.91 Å². The summed E-state index contributed by atoms with van der Waals surface area (Å²) in [6.07, 6.45) is 90.0. The highest BCUT2D eigenvalue weighted by Crippen LogP contribution is 2.20. The van der Waals surface area contributed by atoms with Crippen LogP contribution < -0.4 is 5.32 Å². The molecule has 0 aliphatic carbocycles. The smallest absolute Gasteiger partial charge is 0.305 e. The Bertz CT molecular complexity index is 1240. The number of hydrogen-bond donors (Lipinski definition) is 3. The van der Waals surface area contributed by atoms with Crippen LogP contribution in [0.25, 0.3) is 0 Å². The zero-order chi connectivity index (χ0) is 59.2. The van der Waals surface area contributed by atoms with Gasteiger partial charge in [-0.05, 0) is 51.4 Å². The van der Waals surface area contributed by atoms with Gasteiger partial charge in [-0.2, -0.15) is 0 Å². The standard InChI is InChI=1S/C76H149NO5/c1-3-5-7-9-11-13-15-17-18-19-20-21-29-32-35-38-41-45-48-52-56-60-64-68-74(79)73(72-78)77-75(80)69-65-61-57-53-49-46-42-39-36-33-30-27-25-23-22-24-26-28-31-34-37-40-43-47-51-55-59-63-67-71-82-76(81)70-66-62-58-54-50-44-16-14-12-10-8-6-4-2/h14,16,73-74,78-79H,3-13,15,17-72H2,1-2H3,(H,77,80)/b16-14-. The first-order valence-corrected chi connectivity index (χ1v) is 37.9. The average Bonchev–Trinajstić information content (AvgIpc) is 3.48. The number of aliphatic hydroxyl groups excluding tert-OH is 2. The van der Waals surface area contributed by atoms with Crippen LogP contribution in [-0.2, 0) is 14.3 Å². The van der Waals surface area contributed by atoms with E-state index in [4.69, 9.17) is 4.74 Å². The Hall–Kier alpha value is -1.40. The van der Waals surface area contributed by atoms with Crippen molar-refractivity contribution in [1.82, 2.24) is 5.32 Å². The van der Waals surface area contributed by atoms with Crippen LogP contribution in [0.4, 0.5) is 0 Å². The molecule has 6 nitrogen and oxygen atoms in total. The monoisotopic (exact) mass is 1160 g/mol. The molecule has 0 bridgehead atoms. The van der Waals surface area contributed by atoms with Crippen LogP contribution >= 0.6 is 0 Å². The van der Waals surface area contributed by atoms with E-state index in [1.165, 1.54) is 360 Å². The maximum absolute atomic E-state index is 12.6. The number of carbonyl (C=O) groups excluding carboxylic acids is 2. The molecule has 0 aromatic carbocycles. The van der Waals surface area contributed by atoms with Crippen molar-refractivity contribution in [2.45, 2.75) is 450 Å². The molecule has 0 fully saturated rings. The Morgan fingerprint density at radius 3 is 0.878 bits per heavy atom. The Morgan fingerprint density at radius 2 is 0.573 bits per heavy atom. The van der Waals surface area contributed by atoms with E-state index in [1.807, 2.05) is 0 Å². The second kappa shape index (κ2) is 72.1. The zero-order valence-corrected chi connectivity index (χ0v) is 56.0. The van der Waals surface area contributed by atoms with E-state index in [1.54, 1.807) is 0 Å². The molecule has 0 rings (SSSR count). The quantitative estimate of drug-likeness (QED) is 0.0320. The van der Waals surface area contributed by atoms with Crippen molar-refractivity contribution in [2.75, 3.05) is 13.2 Å². The average molecular weight is 1160 g/mol. The second-order valence-electron chi connectivity index (χ2n) is 26.3. The maximum atomic E-state index is 12.6. The summed E-state index contributed by atoms with van der Waals surface area (Å²) in [5, 5.41) is 23.5. The van der Waals surface area contributed by atoms with Gasteiger partial charge in [-0.3, -0.25) is 9.59 Å². The summed E-state index contributed by atoms with van der Waals surface area (Å²) in [5.41, 5.74) is 0. The summed E-state index contributed by atoms with van der Waals surface area (Å²) in [4.78, 5) is 24.6. The van der Waals surface area contributed by atoms with Gasteiger partial charge < -0.3 is 20.3 Å². The first-order chi connectivity index (χ1) is 40.5. The molecule has 0 aromatic rings. The summed E-state index contributed by atoms with van der Waals surface area (Å²) in [7, 11) is 0. The molecule has 6 heteroatoms. The van der Waals surface area contributed by atoms with Gasteiger partial charge in [0.25, 0.3) is 0 Å². The molecule has 0 saturated carbocycles. The minimum absolute atomic E-state index is 0.0113. The predicted octanol–water partition coefficient (Wildman–Crippen LogP) is 24.7. The minimum Gasteiger partial charge on any atom is -0.466 e. The summed E-state index contributed by atoms with van der Waals surface area (Å²) in [6.45, 7) is 4.99. The second-order valence-corrected chi connectivity index (χ2v) is 26.3. The zero-order valence-electron chi connectivity index (χ0n) is 56.0. The Balaban J connectivity index is 3.34. The number of esters is 1. The minimum atomic E-state index is -0.663. The van der Waals surface area contributed by atoms with Gasteiger partial charge in [0.1, 0.15) is 0 Å². The normalized spacial score (nSPS) is 12.5. The summed E-state index contributed by atoms with van der Waals surface area (Å²) in [5.74, 6) is -0.0144. The number of allylic oxidation sites excluding steroid dienone is 2. The predicted molar refractivity (Wildman–Crippen MR) is 361 cm³/mol. The highest BCUT2D eigenvalue weighted by Gasteiger charge is 2.20. The largest absolute Gasteiger partial charge is 0.466 e. The summed E-state index contributed by atoms with van der Waals surface area (Å²) >= 11 is 0. The number of hydrogen-bond acceptors (Lipinski definition) is 5. The highest BCUT2D eigenvalue weighted by molar-refractivity contribution is 5.76. The van der Waals surface area contributed by atoms with Crippen molar-refractivity contribution in [1.29, 1.82) is 0 Å². The third-order valence-corrected chi connectivity index (χ3v) is 18.1. The lowest BCUT2D eigenvalue weighted by Crippen LogP contribution is -2.45.